The van der Waals surface area contributed by atoms with Gasteiger partial charge < -0.3 is 0 Å². The number of hydrogen-bond donors (Lipinski definition) is 1. The largest absolute Gasteiger partial charge is 0.265 e. The van der Waals surface area contributed by atoms with Crippen LogP contribution >= 0.6 is 11.6 Å². The summed E-state index contributed by atoms with van der Waals surface area (Å²) in [6.07, 6.45) is 3.32. The van der Waals surface area contributed by atoms with Crippen molar-refractivity contribution in [3.8, 4) is 16.9 Å². The van der Waals surface area contributed by atoms with E-state index in [4.69, 9.17) is 11.6 Å². The highest BCUT2D eigenvalue weighted by Crippen LogP contribution is 2.27. The smallest absolute Gasteiger partial charge is 0.263 e. The monoisotopic (exact) mass is 424 g/mol. The van der Waals surface area contributed by atoms with Crippen molar-refractivity contribution in [3.63, 3.8) is 0 Å². The van der Waals surface area contributed by atoms with Crippen LogP contribution in [-0.4, -0.2) is 23.2 Å². The number of aryl methyl sites for hydroxylation is 1. The number of sulfonamides is 1. The van der Waals surface area contributed by atoms with E-state index in [0.29, 0.717) is 22.2 Å². The van der Waals surface area contributed by atoms with Crippen molar-refractivity contribution in [1.82, 2.24) is 14.8 Å². The lowest BCUT2D eigenvalue weighted by atomic mass is 10.2. The lowest BCUT2D eigenvalue weighted by Crippen LogP contribution is -2.16. The van der Waals surface area contributed by atoms with E-state index in [1.807, 2.05) is 25.1 Å². The number of benzene rings is 2. The Hall–Kier alpha value is -3.16. The van der Waals surface area contributed by atoms with Gasteiger partial charge in [0.25, 0.3) is 10.0 Å². The second-order valence-corrected chi connectivity index (χ2v) is 8.58. The molecule has 0 amide bonds. The summed E-state index contributed by atoms with van der Waals surface area (Å²) in [5.41, 5.74) is 2.97. The van der Waals surface area contributed by atoms with Crippen molar-refractivity contribution in [2.75, 3.05) is 4.72 Å². The summed E-state index contributed by atoms with van der Waals surface area (Å²) in [6.45, 7) is 1.85. The molecule has 2 aromatic heterocycles. The Morgan fingerprint density at radius 2 is 1.69 bits per heavy atom. The van der Waals surface area contributed by atoms with E-state index in [0.717, 1.165) is 11.1 Å². The van der Waals surface area contributed by atoms with Crippen molar-refractivity contribution in [1.29, 1.82) is 0 Å². The van der Waals surface area contributed by atoms with Crippen molar-refractivity contribution >= 4 is 27.4 Å². The average molecular weight is 425 g/mol. The number of aromatic nitrogens is 3. The topological polar surface area (TPSA) is 76.9 Å². The fourth-order valence-electron chi connectivity index (χ4n) is 2.88. The first kappa shape index (κ1) is 19.2. The van der Waals surface area contributed by atoms with E-state index in [9.17, 15) is 8.42 Å². The molecule has 146 valence electrons. The van der Waals surface area contributed by atoms with E-state index in [1.165, 1.54) is 0 Å². The fourth-order valence-corrected chi connectivity index (χ4v) is 4.14. The number of nitrogens with one attached hydrogen (secondary N) is 1. The van der Waals surface area contributed by atoms with Crippen LogP contribution in [0.3, 0.4) is 0 Å². The van der Waals surface area contributed by atoms with Crippen LogP contribution < -0.4 is 4.72 Å². The normalized spacial score (nSPS) is 11.4. The Labute approximate surface area is 173 Å². The molecule has 0 aliphatic heterocycles. The summed E-state index contributed by atoms with van der Waals surface area (Å²) in [5.74, 6) is 0.320. The Balaban J connectivity index is 1.81. The van der Waals surface area contributed by atoms with Gasteiger partial charge in [-0.05, 0) is 61.0 Å². The van der Waals surface area contributed by atoms with Gasteiger partial charge in [0.1, 0.15) is 5.82 Å². The van der Waals surface area contributed by atoms with Crippen molar-refractivity contribution in [3.05, 3.63) is 89.7 Å². The molecule has 0 atom stereocenters. The van der Waals surface area contributed by atoms with Crippen molar-refractivity contribution in [2.45, 2.75) is 11.8 Å². The van der Waals surface area contributed by atoms with Gasteiger partial charge in [0.05, 0.1) is 16.3 Å². The highest BCUT2D eigenvalue weighted by atomic mass is 35.5. The van der Waals surface area contributed by atoms with Crippen LogP contribution in [0.4, 0.5) is 5.82 Å². The van der Waals surface area contributed by atoms with Crippen LogP contribution in [0.2, 0.25) is 5.02 Å². The third kappa shape index (κ3) is 4.16. The van der Waals surface area contributed by atoms with Gasteiger partial charge in [0.2, 0.25) is 0 Å². The molecule has 0 unspecified atom stereocenters. The summed E-state index contributed by atoms with van der Waals surface area (Å²) in [4.78, 5) is 4.20. The highest BCUT2D eigenvalue weighted by molar-refractivity contribution is 7.92. The van der Waals surface area contributed by atoms with E-state index in [1.54, 1.807) is 65.6 Å². The predicted molar refractivity (Wildman–Crippen MR) is 114 cm³/mol. The van der Waals surface area contributed by atoms with Gasteiger partial charge in [-0.3, -0.25) is 9.71 Å². The van der Waals surface area contributed by atoms with Crippen LogP contribution in [0, 0.1) is 6.92 Å². The predicted octanol–water partition coefficient (Wildman–Crippen LogP) is 4.70. The zero-order valence-electron chi connectivity index (χ0n) is 15.4. The average Bonchev–Trinajstić information content (AvgIpc) is 3.12. The van der Waals surface area contributed by atoms with Gasteiger partial charge in [-0.25, -0.2) is 13.1 Å². The van der Waals surface area contributed by atoms with Gasteiger partial charge in [-0.15, -0.1) is 0 Å². The number of anilines is 1. The Kier molecular flexibility index (Phi) is 5.08. The van der Waals surface area contributed by atoms with Gasteiger partial charge >= 0.3 is 0 Å². The number of hydrogen-bond acceptors (Lipinski definition) is 4. The van der Waals surface area contributed by atoms with Crippen LogP contribution in [0.1, 0.15) is 5.56 Å². The maximum Gasteiger partial charge on any atom is 0.263 e. The molecule has 0 aliphatic rings. The molecule has 0 saturated carbocycles. The molecular weight excluding hydrogens is 408 g/mol. The molecular formula is C21H17ClN4O2S. The van der Waals surface area contributed by atoms with Gasteiger partial charge in [0.15, 0.2) is 0 Å². The van der Waals surface area contributed by atoms with Crippen LogP contribution in [0.15, 0.2) is 84.0 Å². The maximum atomic E-state index is 13.0. The molecule has 0 spiro atoms. The molecule has 2 aromatic carbocycles. The second kappa shape index (κ2) is 7.69. The summed E-state index contributed by atoms with van der Waals surface area (Å²) >= 11 is 5.99. The molecule has 6 nitrogen and oxygen atoms in total. The summed E-state index contributed by atoms with van der Waals surface area (Å²) < 4.78 is 30.1. The second-order valence-electron chi connectivity index (χ2n) is 6.46. The third-order valence-electron chi connectivity index (χ3n) is 4.30. The number of halogens is 1. The lowest BCUT2D eigenvalue weighted by molar-refractivity contribution is 0.600. The zero-order chi connectivity index (χ0) is 20.4. The van der Waals surface area contributed by atoms with Crippen molar-refractivity contribution < 1.29 is 8.42 Å². The van der Waals surface area contributed by atoms with Crippen LogP contribution in [-0.2, 0) is 10.0 Å². The molecule has 29 heavy (non-hydrogen) atoms. The minimum absolute atomic E-state index is 0.187. The molecule has 4 aromatic rings. The highest BCUT2D eigenvalue weighted by Gasteiger charge is 2.19. The molecule has 2 heterocycles. The number of rotatable bonds is 5. The van der Waals surface area contributed by atoms with Gasteiger partial charge in [-0.2, -0.15) is 5.10 Å². The standard InChI is InChI=1S/C21H17ClN4O2S/c1-15-3-2-4-19(13-15)29(27,28)25-21-14-20(16-9-11-23-12-10-16)24-26(21)18-7-5-17(22)6-8-18/h2-14,25H,1H3. The molecule has 8 heteroatoms. The number of pyridine rings is 1. The quantitative estimate of drug-likeness (QED) is 0.504. The Bertz CT molecular complexity index is 1250. The van der Waals surface area contributed by atoms with Crippen LogP contribution in [0.25, 0.3) is 16.9 Å². The maximum absolute atomic E-state index is 13.0. The van der Waals surface area contributed by atoms with E-state index >= 15 is 0 Å². The van der Waals surface area contributed by atoms with E-state index < -0.39 is 10.0 Å². The van der Waals surface area contributed by atoms with Gasteiger partial charge in [0, 0.05) is 29.0 Å². The first-order valence-electron chi connectivity index (χ1n) is 8.78. The molecule has 0 saturated heterocycles. The van der Waals surface area contributed by atoms with Crippen LogP contribution in [0.5, 0.6) is 0 Å². The Morgan fingerprint density at radius 1 is 0.966 bits per heavy atom. The summed E-state index contributed by atoms with van der Waals surface area (Å²) in [7, 11) is -3.79. The van der Waals surface area contributed by atoms with Gasteiger partial charge in [-0.1, -0.05) is 23.7 Å². The molecule has 0 aliphatic carbocycles. The lowest BCUT2D eigenvalue weighted by Gasteiger charge is -2.11. The minimum Gasteiger partial charge on any atom is -0.265 e. The Morgan fingerprint density at radius 3 is 2.38 bits per heavy atom. The first-order chi connectivity index (χ1) is 13.9. The van der Waals surface area contributed by atoms with E-state index in [-0.39, 0.29) is 4.90 Å². The minimum atomic E-state index is -3.79. The summed E-state index contributed by atoms with van der Waals surface area (Å²) in [5, 5.41) is 5.18. The van der Waals surface area contributed by atoms with Crippen molar-refractivity contribution in [2.24, 2.45) is 0 Å². The number of nitrogens with zero attached hydrogens (tertiary/aromatic N) is 3. The van der Waals surface area contributed by atoms with E-state index in [2.05, 4.69) is 14.8 Å². The first-order valence-corrected chi connectivity index (χ1v) is 10.6. The zero-order valence-corrected chi connectivity index (χ0v) is 17.0. The fraction of sp³-hybridized carbons (Fsp3) is 0.0476. The summed E-state index contributed by atoms with van der Waals surface area (Å²) in [6, 6.07) is 19.1. The third-order valence-corrected chi connectivity index (χ3v) is 5.90. The molecule has 0 radical (unpaired) electrons. The molecule has 0 fully saturated rings. The molecule has 4 rings (SSSR count). The SMILES string of the molecule is Cc1cccc(S(=O)(=O)Nc2cc(-c3ccncc3)nn2-c2ccc(Cl)cc2)c1. The molecule has 0 bridgehead atoms. The molecule has 1 N–H and O–H groups in total.